The molecule has 170 valence electrons. The number of amides is 2. The van der Waals surface area contributed by atoms with E-state index in [-0.39, 0.29) is 24.6 Å². The lowest BCUT2D eigenvalue weighted by Crippen LogP contribution is -2.30. The van der Waals surface area contributed by atoms with Crippen LogP contribution in [-0.2, 0) is 4.79 Å². The Hall–Kier alpha value is -4.00. The second-order valence-electron chi connectivity index (χ2n) is 8.06. The molecule has 0 aliphatic carbocycles. The fraction of sp³-hybridized carbons (Fsp3) is 0.231. The summed E-state index contributed by atoms with van der Waals surface area (Å²) in [4.78, 5) is 25.9. The van der Waals surface area contributed by atoms with Crippen LogP contribution in [0.1, 0.15) is 36.6 Å². The van der Waals surface area contributed by atoms with Crippen molar-refractivity contribution in [2.75, 3.05) is 19.6 Å². The second kappa shape index (κ2) is 10.1. The van der Waals surface area contributed by atoms with Crippen LogP contribution in [0, 0.1) is 10.8 Å². The van der Waals surface area contributed by atoms with Crippen molar-refractivity contribution in [2.45, 2.75) is 19.3 Å². The number of likely N-dealkylation sites (tertiary alicyclic amines) is 1. The number of benzene rings is 2. The molecule has 1 saturated heterocycles. The fourth-order valence-corrected chi connectivity index (χ4v) is 3.92. The van der Waals surface area contributed by atoms with Crippen LogP contribution >= 0.6 is 0 Å². The Kier molecular flexibility index (Phi) is 6.78. The van der Waals surface area contributed by atoms with Crippen LogP contribution in [-0.4, -0.2) is 46.8 Å². The van der Waals surface area contributed by atoms with E-state index in [4.69, 9.17) is 10.8 Å². The van der Waals surface area contributed by atoms with Crippen molar-refractivity contribution in [3.63, 3.8) is 0 Å². The summed E-state index contributed by atoms with van der Waals surface area (Å²) in [7, 11) is 0. The molecule has 1 fully saturated rings. The molecule has 7 heteroatoms. The molecule has 1 aromatic heterocycles. The highest BCUT2D eigenvalue weighted by Gasteiger charge is 2.19. The van der Waals surface area contributed by atoms with E-state index in [1.54, 1.807) is 36.5 Å². The average molecular weight is 444 g/mol. The summed E-state index contributed by atoms with van der Waals surface area (Å²) in [6, 6.07) is 20.2. The number of rotatable bonds is 7. The minimum atomic E-state index is -0.180. The van der Waals surface area contributed by atoms with E-state index in [0.29, 0.717) is 30.6 Å². The zero-order valence-corrected chi connectivity index (χ0v) is 18.4. The number of pyridine rings is 1. The summed E-state index contributed by atoms with van der Waals surface area (Å²) in [6.45, 7) is 1.99. The summed E-state index contributed by atoms with van der Waals surface area (Å²) < 4.78 is 1.52. The number of aromatic nitrogens is 1. The van der Waals surface area contributed by atoms with Crippen LogP contribution in [0.5, 0.6) is 0 Å². The summed E-state index contributed by atoms with van der Waals surface area (Å²) in [5.41, 5.74) is 3.27. The van der Waals surface area contributed by atoms with Crippen LogP contribution in [0.4, 0.5) is 0 Å². The molecular weight excluding hydrogens is 414 g/mol. The molecule has 3 N–H and O–H groups in total. The van der Waals surface area contributed by atoms with Gasteiger partial charge in [-0.05, 0) is 48.2 Å². The maximum atomic E-state index is 12.4. The highest BCUT2D eigenvalue weighted by Crippen LogP contribution is 2.17. The van der Waals surface area contributed by atoms with Gasteiger partial charge in [0.05, 0.1) is 0 Å². The predicted octanol–water partition coefficient (Wildman–Crippen LogP) is 3.50. The minimum absolute atomic E-state index is 0. The van der Waals surface area contributed by atoms with Crippen LogP contribution in [0.3, 0.4) is 0 Å². The number of nitrogens with zero attached hydrogens (tertiary/aromatic N) is 2. The van der Waals surface area contributed by atoms with Gasteiger partial charge < -0.3 is 10.2 Å². The molecule has 3 aromatic rings. The second-order valence-corrected chi connectivity index (χ2v) is 8.06. The zero-order valence-electron chi connectivity index (χ0n) is 18.4. The molecule has 0 atom stereocenters. The highest BCUT2D eigenvalue weighted by molar-refractivity contribution is 6.00. The molecule has 0 saturated carbocycles. The molecule has 0 unspecified atom stereocenters. The topological polar surface area (TPSA) is 102 Å². The molecule has 4 rings (SSSR count). The van der Waals surface area contributed by atoms with Crippen LogP contribution in [0.15, 0.2) is 72.9 Å². The largest absolute Gasteiger partial charge is 0.352 e. The Morgan fingerprint density at radius 1 is 0.970 bits per heavy atom. The van der Waals surface area contributed by atoms with Crippen molar-refractivity contribution in [2.24, 2.45) is 0 Å². The van der Waals surface area contributed by atoms with Crippen molar-refractivity contribution >= 4 is 17.6 Å². The number of carbonyl (C=O) groups excluding carboxylic acids is 2. The Labute approximate surface area is 194 Å². The van der Waals surface area contributed by atoms with Gasteiger partial charge in [0, 0.05) is 44.8 Å². The molecule has 0 radical (unpaired) electrons. The van der Waals surface area contributed by atoms with E-state index in [0.717, 1.165) is 30.5 Å². The first-order chi connectivity index (χ1) is 16.0. The number of hydrogen-bond donors (Lipinski definition) is 3. The van der Waals surface area contributed by atoms with E-state index >= 15 is 0 Å². The maximum absolute atomic E-state index is 12.4. The Balaban J connectivity index is 0.00000324. The van der Waals surface area contributed by atoms with Gasteiger partial charge in [-0.25, -0.2) is 0 Å². The normalized spacial score (nSPS) is 13.2. The van der Waals surface area contributed by atoms with Gasteiger partial charge in [-0.2, -0.15) is 0 Å². The van der Waals surface area contributed by atoms with Gasteiger partial charge in [0.1, 0.15) is 11.3 Å². The summed E-state index contributed by atoms with van der Waals surface area (Å²) in [5, 5.41) is 19.7. The van der Waals surface area contributed by atoms with E-state index in [2.05, 4.69) is 5.32 Å². The lowest BCUT2D eigenvalue weighted by Gasteiger charge is -2.15. The third kappa shape index (κ3) is 5.26. The van der Waals surface area contributed by atoms with E-state index in [1.807, 2.05) is 41.3 Å². The standard InChI is InChI=1S/C26H27N5O2.H2/c27-23-14-13-22(19-6-2-1-3-7-19)18-31(23)25(28)20-9-11-21(12-10-20)26(33)29-15-5-17-30-16-4-8-24(30)32;/h1-3,6-7,9-14,18,27-28H,4-5,8,15-17H2,(H,29,33);1H. The summed E-state index contributed by atoms with van der Waals surface area (Å²) in [6.07, 6.45) is 4.06. The van der Waals surface area contributed by atoms with Crippen molar-refractivity contribution in [1.82, 2.24) is 14.8 Å². The lowest BCUT2D eigenvalue weighted by atomic mass is 10.1. The van der Waals surface area contributed by atoms with Crippen molar-refractivity contribution in [3.8, 4) is 11.1 Å². The first-order valence-corrected chi connectivity index (χ1v) is 11.1. The van der Waals surface area contributed by atoms with Crippen molar-refractivity contribution in [3.05, 3.63) is 89.5 Å². The van der Waals surface area contributed by atoms with Crippen LogP contribution in [0.25, 0.3) is 11.1 Å². The Morgan fingerprint density at radius 2 is 1.70 bits per heavy atom. The molecule has 33 heavy (non-hydrogen) atoms. The summed E-state index contributed by atoms with van der Waals surface area (Å²) >= 11 is 0. The van der Waals surface area contributed by atoms with Crippen LogP contribution in [0.2, 0.25) is 0 Å². The third-order valence-corrected chi connectivity index (χ3v) is 5.78. The maximum Gasteiger partial charge on any atom is 0.251 e. The third-order valence-electron chi connectivity index (χ3n) is 5.78. The molecular formula is C26H29N5O2. The van der Waals surface area contributed by atoms with E-state index in [1.165, 1.54) is 4.57 Å². The molecule has 1 aliphatic rings. The van der Waals surface area contributed by atoms with Crippen molar-refractivity contribution < 1.29 is 11.0 Å². The smallest absolute Gasteiger partial charge is 0.251 e. The van der Waals surface area contributed by atoms with Gasteiger partial charge in [-0.15, -0.1) is 0 Å². The lowest BCUT2D eigenvalue weighted by molar-refractivity contribution is -0.127. The number of carbonyl (C=O) groups is 2. The Bertz CT molecular complexity index is 1220. The molecule has 7 nitrogen and oxygen atoms in total. The van der Waals surface area contributed by atoms with E-state index < -0.39 is 0 Å². The number of hydrogen-bond acceptors (Lipinski definition) is 4. The van der Waals surface area contributed by atoms with Crippen LogP contribution < -0.4 is 10.8 Å². The quantitative estimate of drug-likeness (QED) is 0.296. The summed E-state index contributed by atoms with van der Waals surface area (Å²) in [5.74, 6) is 0.183. The predicted molar refractivity (Wildman–Crippen MR) is 129 cm³/mol. The molecule has 0 bridgehead atoms. The zero-order chi connectivity index (χ0) is 23.2. The van der Waals surface area contributed by atoms with Gasteiger partial charge >= 0.3 is 0 Å². The van der Waals surface area contributed by atoms with E-state index in [9.17, 15) is 9.59 Å². The molecule has 0 spiro atoms. The Morgan fingerprint density at radius 3 is 2.39 bits per heavy atom. The minimum Gasteiger partial charge on any atom is -0.352 e. The highest BCUT2D eigenvalue weighted by atomic mass is 16.2. The first kappa shape index (κ1) is 22.2. The van der Waals surface area contributed by atoms with Gasteiger partial charge in [0.25, 0.3) is 5.91 Å². The van der Waals surface area contributed by atoms with Gasteiger partial charge in [0.2, 0.25) is 5.91 Å². The number of nitrogens with one attached hydrogen (secondary N) is 3. The average Bonchev–Trinajstić information content (AvgIpc) is 3.26. The van der Waals surface area contributed by atoms with Gasteiger partial charge in [0.15, 0.2) is 0 Å². The molecule has 2 heterocycles. The monoisotopic (exact) mass is 443 g/mol. The van der Waals surface area contributed by atoms with Crippen molar-refractivity contribution in [1.29, 1.82) is 10.8 Å². The van der Waals surface area contributed by atoms with Gasteiger partial charge in [-0.1, -0.05) is 42.5 Å². The molecule has 2 aromatic carbocycles. The SMILES string of the molecule is N=C(c1ccc(C(=O)NCCCN2CCCC2=O)cc1)n1cc(-c2ccccc2)ccc1=N.[HH]. The molecule has 2 amide bonds. The van der Waals surface area contributed by atoms with Gasteiger partial charge in [-0.3, -0.25) is 25.0 Å². The fourth-order valence-electron chi connectivity index (χ4n) is 3.92. The first-order valence-electron chi connectivity index (χ1n) is 11.1. The molecule has 1 aliphatic heterocycles.